The van der Waals surface area contributed by atoms with Crippen LogP contribution in [-0.4, -0.2) is 36.3 Å². The number of carbonyl (C=O) groups is 2. The molecule has 0 aromatic heterocycles. The Morgan fingerprint density at radius 3 is 2.62 bits per heavy atom. The Kier molecular flexibility index (Phi) is 6.52. The Morgan fingerprint density at radius 1 is 1.33 bits per heavy atom. The number of aryl methyl sites for hydroxylation is 1. The van der Waals surface area contributed by atoms with Gasteiger partial charge in [-0.2, -0.15) is 0 Å². The van der Waals surface area contributed by atoms with Crippen LogP contribution in [0.1, 0.15) is 19.4 Å². The van der Waals surface area contributed by atoms with Crippen LogP contribution >= 0.6 is 0 Å². The van der Waals surface area contributed by atoms with Crippen LogP contribution < -0.4 is 15.4 Å². The number of ether oxygens (including phenoxy) is 1. The second kappa shape index (κ2) is 8.14. The number of urea groups is 1. The molecule has 0 unspecified atom stereocenters. The standard InChI is InChI=1S/C15H22N2O4/c1-10(2)13(14(18)19)17-15(20)16-7-8-21-12-6-4-5-11(3)9-12/h4-6,9-10,13H,7-8H2,1-3H3,(H,18,19)(H2,16,17,20)/t13-/m1/s1. The van der Waals surface area contributed by atoms with Crippen molar-refractivity contribution in [2.45, 2.75) is 26.8 Å². The summed E-state index contributed by atoms with van der Waals surface area (Å²) in [6.45, 7) is 6.05. The average Bonchev–Trinajstić information content (AvgIpc) is 2.40. The number of hydrogen-bond acceptors (Lipinski definition) is 3. The lowest BCUT2D eigenvalue weighted by molar-refractivity contribution is -0.140. The average molecular weight is 294 g/mol. The third-order valence-corrected chi connectivity index (χ3v) is 2.87. The molecule has 0 bridgehead atoms. The Morgan fingerprint density at radius 2 is 2.05 bits per heavy atom. The number of carboxylic acids is 1. The van der Waals surface area contributed by atoms with E-state index in [1.807, 2.05) is 31.2 Å². The minimum Gasteiger partial charge on any atom is -0.492 e. The van der Waals surface area contributed by atoms with Crippen molar-refractivity contribution in [3.8, 4) is 5.75 Å². The van der Waals surface area contributed by atoms with E-state index in [1.165, 1.54) is 0 Å². The van der Waals surface area contributed by atoms with E-state index in [9.17, 15) is 9.59 Å². The van der Waals surface area contributed by atoms with Gasteiger partial charge in [0.15, 0.2) is 0 Å². The molecule has 0 aliphatic heterocycles. The van der Waals surface area contributed by atoms with Gasteiger partial charge in [-0.05, 0) is 30.5 Å². The highest BCUT2D eigenvalue weighted by molar-refractivity contribution is 5.82. The maximum atomic E-state index is 11.6. The van der Waals surface area contributed by atoms with Gasteiger partial charge in [-0.15, -0.1) is 0 Å². The largest absolute Gasteiger partial charge is 0.492 e. The third kappa shape index (κ3) is 6.16. The first kappa shape index (κ1) is 16.8. The van der Waals surface area contributed by atoms with Gasteiger partial charge in [0, 0.05) is 0 Å². The van der Waals surface area contributed by atoms with E-state index in [4.69, 9.17) is 9.84 Å². The van der Waals surface area contributed by atoms with E-state index in [1.54, 1.807) is 13.8 Å². The van der Waals surface area contributed by atoms with E-state index in [0.29, 0.717) is 13.2 Å². The highest BCUT2D eigenvalue weighted by Gasteiger charge is 2.22. The summed E-state index contributed by atoms with van der Waals surface area (Å²) in [6.07, 6.45) is 0. The van der Waals surface area contributed by atoms with Gasteiger partial charge in [-0.25, -0.2) is 9.59 Å². The number of amides is 2. The highest BCUT2D eigenvalue weighted by Crippen LogP contribution is 2.11. The van der Waals surface area contributed by atoms with Crippen LogP contribution in [0, 0.1) is 12.8 Å². The smallest absolute Gasteiger partial charge is 0.326 e. The molecule has 1 atom stereocenters. The molecule has 6 nitrogen and oxygen atoms in total. The quantitative estimate of drug-likeness (QED) is 0.669. The molecule has 0 aliphatic rings. The van der Waals surface area contributed by atoms with Crippen molar-refractivity contribution in [3.63, 3.8) is 0 Å². The fourth-order valence-corrected chi connectivity index (χ4v) is 1.74. The summed E-state index contributed by atoms with van der Waals surface area (Å²) in [4.78, 5) is 22.5. The van der Waals surface area contributed by atoms with Crippen LogP contribution in [0.15, 0.2) is 24.3 Å². The molecule has 0 fully saturated rings. The van der Waals surface area contributed by atoms with Crippen molar-refractivity contribution in [2.75, 3.05) is 13.2 Å². The lowest BCUT2D eigenvalue weighted by atomic mass is 10.1. The normalized spacial score (nSPS) is 11.8. The number of aliphatic carboxylic acids is 1. The molecular weight excluding hydrogens is 272 g/mol. The second-order valence-corrected chi connectivity index (χ2v) is 5.13. The first-order valence-electron chi connectivity index (χ1n) is 6.86. The molecule has 1 rings (SSSR count). The fourth-order valence-electron chi connectivity index (χ4n) is 1.74. The summed E-state index contributed by atoms with van der Waals surface area (Å²) in [5.41, 5.74) is 1.10. The molecule has 1 aromatic rings. The van der Waals surface area contributed by atoms with Crippen molar-refractivity contribution < 1.29 is 19.4 Å². The van der Waals surface area contributed by atoms with Gasteiger partial charge < -0.3 is 20.5 Å². The van der Waals surface area contributed by atoms with Gasteiger partial charge in [0.2, 0.25) is 0 Å². The Hall–Kier alpha value is -2.24. The van der Waals surface area contributed by atoms with Crippen LogP contribution in [0.2, 0.25) is 0 Å². The van der Waals surface area contributed by atoms with Gasteiger partial charge in [-0.3, -0.25) is 0 Å². The summed E-state index contributed by atoms with van der Waals surface area (Å²) >= 11 is 0. The Labute approximate surface area is 124 Å². The van der Waals surface area contributed by atoms with Gasteiger partial charge >= 0.3 is 12.0 Å². The predicted octanol–water partition coefficient (Wildman–Crippen LogP) is 1.78. The van der Waals surface area contributed by atoms with Crippen LogP contribution in [0.4, 0.5) is 4.79 Å². The molecule has 0 saturated heterocycles. The molecule has 0 radical (unpaired) electrons. The predicted molar refractivity (Wildman–Crippen MR) is 79.5 cm³/mol. The number of nitrogens with one attached hydrogen (secondary N) is 2. The maximum Gasteiger partial charge on any atom is 0.326 e. The summed E-state index contributed by atoms with van der Waals surface area (Å²) in [5, 5.41) is 14.0. The van der Waals surface area contributed by atoms with Crippen molar-refractivity contribution >= 4 is 12.0 Å². The van der Waals surface area contributed by atoms with Gasteiger partial charge in [0.1, 0.15) is 18.4 Å². The zero-order chi connectivity index (χ0) is 15.8. The summed E-state index contributed by atoms with van der Waals surface area (Å²) in [6, 6.07) is 6.19. The van der Waals surface area contributed by atoms with E-state index in [-0.39, 0.29) is 5.92 Å². The molecule has 3 N–H and O–H groups in total. The monoisotopic (exact) mass is 294 g/mol. The minimum absolute atomic E-state index is 0.184. The topological polar surface area (TPSA) is 87.7 Å². The van der Waals surface area contributed by atoms with Crippen LogP contribution in [0.25, 0.3) is 0 Å². The molecule has 21 heavy (non-hydrogen) atoms. The van der Waals surface area contributed by atoms with E-state index < -0.39 is 18.0 Å². The molecule has 0 saturated carbocycles. The van der Waals surface area contributed by atoms with Crippen LogP contribution in [0.3, 0.4) is 0 Å². The number of carboxylic acid groups (broad SMARTS) is 1. The van der Waals surface area contributed by atoms with E-state index >= 15 is 0 Å². The van der Waals surface area contributed by atoms with Gasteiger partial charge in [0.25, 0.3) is 0 Å². The molecule has 1 aromatic carbocycles. The van der Waals surface area contributed by atoms with Gasteiger partial charge in [-0.1, -0.05) is 26.0 Å². The molecule has 0 spiro atoms. The van der Waals surface area contributed by atoms with Crippen molar-refractivity contribution in [2.24, 2.45) is 5.92 Å². The molecule has 0 aliphatic carbocycles. The molecule has 2 amide bonds. The summed E-state index contributed by atoms with van der Waals surface area (Å²) < 4.78 is 5.48. The number of carbonyl (C=O) groups excluding carboxylic acids is 1. The van der Waals surface area contributed by atoms with Crippen molar-refractivity contribution in [1.82, 2.24) is 10.6 Å². The lowest BCUT2D eigenvalue weighted by Gasteiger charge is -2.18. The van der Waals surface area contributed by atoms with Crippen molar-refractivity contribution in [1.29, 1.82) is 0 Å². The van der Waals surface area contributed by atoms with Crippen molar-refractivity contribution in [3.05, 3.63) is 29.8 Å². The summed E-state index contributed by atoms with van der Waals surface area (Å²) in [5.74, 6) is -0.490. The molecule has 0 heterocycles. The first-order valence-corrected chi connectivity index (χ1v) is 6.86. The lowest BCUT2D eigenvalue weighted by Crippen LogP contribution is -2.49. The Bertz CT molecular complexity index is 488. The zero-order valence-corrected chi connectivity index (χ0v) is 12.6. The highest BCUT2D eigenvalue weighted by atomic mass is 16.5. The maximum absolute atomic E-state index is 11.6. The Balaban J connectivity index is 2.29. The minimum atomic E-state index is -1.05. The van der Waals surface area contributed by atoms with Crippen LogP contribution in [0.5, 0.6) is 5.75 Å². The molecular formula is C15H22N2O4. The number of rotatable bonds is 7. The van der Waals surface area contributed by atoms with Crippen LogP contribution in [-0.2, 0) is 4.79 Å². The summed E-state index contributed by atoms with van der Waals surface area (Å²) in [7, 11) is 0. The van der Waals surface area contributed by atoms with E-state index in [0.717, 1.165) is 11.3 Å². The number of benzene rings is 1. The third-order valence-electron chi connectivity index (χ3n) is 2.87. The fraction of sp³-hybridized carbons (Fsp3) is 0.467. The molecule has 6 heteroatoms. The number of hydrogen-bond donors (Lipinski definition) is 3. The SMILES string of the molecule is Cc1cccc(OCCNC(=O)N[C@@H](C(=O)O)C(C)C)c1. The zero-order valence-electron chi connectivity index (χ0n) is 12.6. The van der Waals surface area contributed by atoms with E-state index in [2.05, 4.69) is 10.6 Å². The second-order valence-electron chi connectivity index (χ2n) is 5.13. The van der Waals surface area contributed by atoms with Gasteiger partial charge in [0.05, 0.1) is 6.54 Å². The first-order chi connectivity index (χ1) is 9.90. The molecule has 116 valence electrons.